The van der Waals surface area contributed by atoms with Crippen molar-refractivity contribution >= 4 is 17.2 Å². The van der Waals surface area contributed by atoms with Crippen molar-refractivity contribution in [3.05, 3.63) is 41.0 Å². The van der Waals surface area contributed by atoms with Crippen LogP contribution in [0.3, 0.4) is 0 Å². The molecule has 0 aliphatic rings. The normalized spacial score (nSPS) is 11.0. The summed E-state index contributed by atoms with van der Waals surface area (Å²) in [5.41, 5.74) is 10.3. The van der Waals surface area contributed by atoms with Gasteiger partial charge >= 0.3 is 0 Å². The fraction of sp³-hybridized carbons (Fsp3) is 0.357. The largest absolute Gasteiger partial charge is 0.389 e. The predicted molar refractivity (Wildman–Crippen MR) is 80.8 cm³/mol. The lowest BCUT2D eigenvalue weighted by Gasteiger charge is -2.12. The summed E-state index contributed by atoms with van der Waals surface area (Å²) in [4.78, 5) is 4.76. The molecular weight excluding hydrogens is 256 g/mol. The minimum absolute atomic E-state index is 0.349. The van der Waals surface area contributed by atoms with Crippen molar-refractivity contribution < 1.29 is 0 Å². The van der Waals surface area contributed by atoms with E-state index in [9.17, 15) is 0 Å². The van der Waals surface area contributed by atoms with Gasteiger partial charge in [0.2, 0.25) is 0 Å². The molecule has 4 nitrogen and oxygen atoms in total. The SMILES string of the molecule is Cc1cc(-n2ccc(C(C)C)n2)c(C(N)=S)c(C)n1. The summed E-state index contributed by atoms with van der Waals surface area (Å²) in [6.45, 7) is 8.10. The number of hydrogen-bond acceptors (Lipinski definition) is 3. The number of nitrogens with two attached hydrogens (primary N) is 1. The highest BCUT2D eigenvalue weighted by Crippen LogP contribution is 2.20. The maximum atomic E-state index is 5.82. The molecule has 0 saturated carbocycles. The monoisotopic (exact) mass is 274 g/mol. The third kappa shape index (κ3) is 2.66. The van der Waals surface area contributed by atoms with Crippen molar-refractivity contribution in [2.24, 2.45) is 5.73 Å². The van der Waals surface area contributed by atoms with Crippen LogP contribution in [0.5, 0.6) is 0 Å². The number of rotatable bonds is 3. The highest BCUT2D eigenvalue weighted by atomic mass is 32.1. The predicted octanol–water partition coefficient (Wildman–Crippen LogP) is 2.64. The first-order valence-electron chi connectivity index (χ1n) is 6.24. The minimum atomic E-state index is 0.349. The fourth-order valence-corrected chi connectivity index (χ4v) is 2.33. The highest BCUT2D eigenvalue weighted by Gasteiger charge is 2.14. The third-order valence-electron chi connectivity index (χ3n) is 3.00. The van der Waals surface area contributed by atoms with Crippen molar-refractivity contribution in [2.75, 3.05) is 0 Å². The number of thiocarbonyl (C=S) groups is 1. The Morgan fingerprint density at radius 3 is 2.58 bits per heavy atom. The molecule has 0 radical (unpaired) electrons. The topological polar surface area (TPSA) is 56.7 Å². The highest BCUT2D eigenvalue weighted by molar-refractivity contribution is 7.80. The zero-order valence-corrected chi connectivity index (χ0v) is 12.5. The van der Waals surface area contributed by atoms with E-state index in [1.54, 1.807) is 0 Å². The Bertz CT molecular complexity index is 628. The fourth-order valence-electron chi connectivity index (χ4n) is 2.07. The van der Waals surface area contributed by atoms with Crippen LogP contribution in [0.25, 0.3) is 5.69 Å². The summed E-state index contributed by atoms with van der Waals surface area (Å²) < 4.78 is 1.82. The average molecular weight is 274 g/mol. The number of hydrogen-bond donors (Lipinski definition) is 1. The Morgan fingerprint density at radius 2 is 2.05 bits per heavy atom. The van der Waals surface area contributed by atoms with Crippen LogP contribution in [-0.4, -0.2) is 19.8 Å². The molecule has 2 N–H and O–H groups in total. The van der Waals surface area contributed by atoms with Gasteiger partial charge in [0.1, 0.15) is 4.99 Å². The molecule has 19 heavy (non-hydrogen) atoms. The third-order valence-corrected chi connectivity index (χ3v) is 3.21. The number of nitrogens with zero attached hydrogens (tertiary/aromatic N) is 3. The van der Waals surface area contributed by atoms with E-state index in [0.717, 1.165) is 28.3 Å². The molecule has 0 aromatic carbocycles. The van der Waals surface area contributed by atoms with E-state index >= 15 is 0 Å². The van der Waals surface area contributed by atoms with Gasteiger partial charge in [-0.15, -0.1) is 0 Å². The van der Waals surface area contributed by atoms with E-state index in [4.69, 9.17) is 18.0 Å². The van der Waals surface area contributed by atoms with Crippen molar-refractivity contribution in [2.45, 2.75) is 33.6 Å². The van der Waals surface area contributed by atoms with Gasteiger partial charge in [-0.2, -0.15) is 5.10 Å². The van der Waals surface area contributed by atoms with Gasteiger partial charge < -0.3 is 5.73 Å². The van der Waals surface area contributed by atoms with E-state index in [1.165, 1.54) is 0 Å². The average Bonchev–Trinajstić information content (AvgIpc) is 2.76. The number of aryl methyl sites for hydroxylation is 2. The van der Waals surface area contributed by atoms with Crippen LogP contribution in [0.2, 0.25) is 0 Å². The first-order valence-corrected chi connectivity index (χ1v) is 6.65. The number of pyridine rings is 1. The quantitative estimate of drug-likeness (QED) is 0.874. The lowest BCUT2D eigenvalue weighted by Crippen LogP contribution is -2.17. The molecule has 0 aliphatic carbocycles. The van der Waals surface area contributed by atoms with Crippen LogP contribution >= 0.6 is 12.2 Å². The molecule has 0 spiro atoms. The van der Waals surface area contributed by atoms with Crippen molar-refractivity contribution in [1.82, 2.24) is 14.8 Å². The Hall–Kier alpha value is -1.75. The molecule has 2 aromatic heterocycles. The molecule has 0 saturated heterocycles. The molecule has 0 atom stereocenters. The Labute approximate surface area is 118 Å². The zero-order chi connectivity index (χ0) is 14.2. The van der Waals surface area contributed by atoms with Crippen molar-refractivity contribution in [1.29, 1.82) is 0 Å². The van der Waals surface area contributed by atoms with Crippen LogP contribution in [-0.2, 0) is 0 Å². The zero-order valence-electron chi connectivity index (χ0n) is 11.6. The second-order valence-electron chi connectivity index (χ2n) is 4.95. The van der Waals surface area contributed by atoms with Crippen molar-refractivity contribution in [3.63, 3.8) is 0 Å². The molecule has 0 amide bonds. The lowest BCUT2D eigenvalue weighted by molar-refractivity contribution is 0.766. The summed E-state index contributed by atoms with van der Waals surface area (Å²) in [6.07, 6.45) is 1.94. The minimum Gasteiger partial charge on any atom is -0.389 e. The van der Waals surface area contributed by atoms with E-state index in [-0.39, 0.29) is 0 Å². The Balaban J connectivity index is 2.63. The molecule has 0 fully saturated rings. The molecular formula is C14H18N4S. The summed E-state index contributed by atoms with van der Waals surface area (Å²) in [5.74, 6) is 0.388. The second-order valence-corrected chi connectivity index (χ2v) is 5.39. The first kappa shape index (κ1) is 13.7. The molecule has 0 bridgehead atoms. The summed E-state index contributed by atoms with van der Waals surface area (Å²) in [5, 5.41) is 4.58. The van der Waals surface area contributed by atoms with Gasteiger partial charge in [-0.1, -0.05) is 26.1 Å². The molecule has 0 aliphatic heterocycles. The van der Waals surface area contributed by atoms with Crippen molar-refractivity contribution in [3.8, 4) is 5.69 Å². The second kappa shape index (κ2) is 5.09. The lowest BCUT2D eigenvalue weighted by atomic mass is 10.1. The Morgan fingerprint density at radius 1 is 1.37 bits per heavy atom. The van der Waals surface area contributed by atoms with Crippen LogP contribution in [0.1, 0.15) is 42.4 Å². The smallest absolute Gasteiger partial charge is 0.108 e. The molecule has 0 unspecified atom stereocenters. The molecule has 100 valence electrons. The van der Waals surface area contributed by atoms with E-state index in [2.05, 4.69) is 23.9 Å². The maximum absolute atomic E-state index is 5.82. The molecule has 2 heterocycles. The van der Waals surface area contributed by atoms with E-state index < -0.39 is 0 Å². The molecule has 5 heteroatoms. The van der Waals surface area contributed by atoms with Gasteiger partial charge in [0.15, 0.2) is 0 Å². The van der Waals surface area contributed by atoms with Gasteiger partial charge in [0, 0.05) is 17.6 Å². The van der Waals surface area contributed by atoms with Gasteiger partial charge in [-0.05, 0) is 31.9 Å². The van der Waals surface area contributed by atoms with Crippen LogP contribution in [0.15, 0.2) is 18.3 Å². The number of aromatic nitrogens is 3. The first-order chi connectivity index (χ1) is 8.90. The maximum Gasteiger partial charge on any atom is 0.108 e. The van der Waals surface area contributed by atoms with Gasteiger partial charge in [-0.25, -0.2) is 4.68 Å². The van der Waals surface area contributed by atoms with Gasteiger partial charge in [0.05, 0.1) is 16.9 Å². The standard InChI is InChI=1S/C14H18N4S/c1-8(2)11-5-6-18(17-11)12-7-9(3)16-10(4)13(12)14(15)19/h5-8H,1-4H3,(H2,15,19). The van der Waals surface area contributed by atoms with Crippen LogP contribution < -0.4 is 5.73 Å². The summed E-state index contributed by atoms with van der Waals surface area (Å²) in [6, 6.07) is 3.97. The Kier molecular flexibility index (Phi) is 3.66. The van der Waals surface area contributed by atoms with Crippen LogP contribution in [0, 0.1) is 13.8 Å². The molecule has 2 aromatic rings. The summed E-state index contributed by atoms with van der Waals surface area (Å²) in [7, 11) is 0. The van der Waals surface area contributed by atoms with Gasteiger partial charge in [-0.3, -0.25) is 4.98 Å². The van der Waals surface area contributed by atoms with Gasteiger partial charge in [0.25, 0.3) is 0 Å². The van der Waals surface area contributed by atoms with E-state index in [0.29, 0.717) is 10.9 Å². The molecule has 2 rings (SSSR count). The van der Waals surface area contributed by atoms with Crippen LogP contribution in [0.4, 0.5) is 0 Å². The summed E-state index contributed by atoms with van der Waals surface area (Å²) >= 11 is 5.14. The van der Waals surface area contributed by atoms with E-state index in [1.807, 2.05) is 36.9 Å².